The first-order valence-corrected chi connectivity index (χ1v) is 43.1. The summed E-state index contributed by atoms with van der Waals surface area (Å²) in [7, 11) is -9.96. The average Bonchev–Trinajstić information content (AvgIpc) is 0.959. The van der Waals surface area contributed by atoms with Crippen molar-refractivity contribution < 1.29 is 80.2 Å². The van der Waals surface area contributed by atoms with Crippen LogP contribution in [0, 0.1) is 0 Å². The fraction of sp³-hybridized carbons (Fsp3) is 0.735. The van der Waals surface area contributed by atoms with Crippen molar-refractivity contribution in [2.75, 3.05) is 39.6 Å². The van der Waals surface area contributed by atoms with Gasteiger partial charge in [-0.3, -0.25) is 37.3 Å². The molecule has 0 heterocycles. The smallest absolute Gasteiger partial charge is 0.462 e. The summed E-state index contributed by atoms with van der Waals surface area (Å²) in [5.74, 6) is -2.21. The lowest BCUT2D eigenvalue weighted by atomic mass is 10.0. The van der Waals surface area contributed by atoms with Crippen LogP contribution in [0.2, 0.25) is 0 Å². The maximum Gasteiger partial charge on any atom is 0.472 e. The second kappa shape index (κ2) is 75.0. The van der Waals surface area contributed by atoms with Crippen LogP contribution < -0.4 is 0 Å². The number of hydrogen-bond acceptors (Lipinski definition) is 15. The molecule has 0 saturated carbocycles. The number of phosphoric ester groups is 2. The summed E-state index contributed by atoms with van der Waals surface area (Å²) in [6.45, 7) is 4.61. The van der Waals surface area contributed by atoms with Crippen molar-refractivity contribution in [2.24, 2.45) is 0 Å². The highest BCUT2D eigenvalue weighted by atomic mass is 31.2. The highest BCUT2D eigenvalue weighted by molar-refractivity contribution is 7.47. The van der Waals surface area contributed by atoms with Crippen molar-refractivity contribution in [3.05, 3.63) is 109 Å². The van der Waals surface area contributed by atoms with Crippen molar-refractivity contribution in [2.45, 2.75) is 354 Å². The third-order valence-electron chi connectivity index (χ3n) is 16.7. The third kappa shape index (κ3) is 74.0. The van der Waals surface area contributed by atoms with Gasteiger partial charge in [-0.15, -0.1) is 0 Å². The van der Waals surface area contributed by atoms with E-state index in [1.54, 1.807) is 0 Å². The van der Waals surface area contributed by atoms with Gasteiger partial charge in [0.15, 0.2) is 12.2 Å². The molecule has 102 heavy (non-hydrogen) atoms. The molecule has 5 unspecified atom stereocenters. The minimum absolute atomic E-state index is 0.0768. The third-order valence-corrected chi connectivity index (χ3v) is 18.6. The standard InChI is InChI=1S/C83H144O17P2/c1-5-9-13-17-21-25-29-33-36-38-41-45-48-52-56-60-64-68-81(86)94-74-79(100-83(88)70-66-62-58-54-50-46-42-39-37-34-30-26-22-18-14-10-6-2)76-98-102(91,92)96-72-77(84)71-95-101(89,90)97-75-78(99-82(87)69-65-61-57-53-49-43-32-28-24-20-16-12-8-4)73-93-80(85)67-63-59-55-51-47-44-40-35-31-27-23-19-15-11-7-3/h9-10,13-14,21-23,25-27,33-37,40-41,45,77-79,84H,5-8,11-12,15-20,24,28-32,38-39,42-44,46-76H2,1-4H3,(H,89,90)(H,91,92)/b13-9-,14-10-,25-21-,26-22-,27-23-,36-33-,37-34-,40-35-,45-41-. The first-order chi connectivity index (χ1) is 49.7. The number of carbonyl (C=O) groups is 4. The maximum absolute atomic E-state index is 13.1. The molecular weight excluding hydrogens is 1330 g/mol. The fourth-order valence-corrected chi connectivity index (χ4v) is 12.2. The molecule has 588 valence electrons. The Labute approximate surface area is 619 Å². The van der Waals surface area contributed by atoms with E-state index < -0.39 is 97.5 Å². The molecule has 0 amide bonds. The van der Waals surface area contributed by atoms with Crippen molar-refractivity contribution in [3.8, 4) is 0 Å². The monoisotopic (exact) mass is 1470 g/mol. The Morgan fingerprint density at radius 2 is 0.510 bits per heavy atom. The summed E-state index contributed by atoms with van der Waals surface area (Å²) in [6, 6.07) is 0. The first kappa shape index (κ1) is 97.7. The molecule has 0 aliphatic carbocycles. The lowest BCUT2D eigenvalue weighted by Crippen LogP contribution is -2.30. The number of unbranched alkanes of at least 4 members (excludes halogenated alkanes) is 31. The minimum atomic E-state index is -4.99. The summed E-state index contributed by atoms with van der Waals surface area (Å²) in [6.07, 6.45) is 80.6. The van der Waals surface area contributed by atoms with Crippen molar-refractivity contribution >= 4 is 39.5 Å². The predicted molar refractivity (Wildman–Crippen MR) is 418 cm³/mol. The number of allylic oxidation sites excluding steroid dienone is 18. The number of aliphatic hydroxyl groups is 1. The van der Waals surface area contributed by atoms with Gasteiger partial charge >= 0.3 is 39.5 Å². The van der Waals surface area contributed by atoms with Crippen LogP contribution in [0.25, 0.3) is 0 Å². The van der Waals surface area contributed by atoms with Crippen LogP contribution in [0.5, 0.6) is 0 Å². The van der Waals surface area contributed by atoms with E-state index in [1.807, 2.05) is 0 Å². The lowest BCUT2D eigenvalue weighted by molar-refractivity contribution is -0.161. The molecule has 0 aromatic heterocycles. The van der Waals surface area contributed by atoms with Gasteiger partial charge < -0.3 is 33.8 Å². The van der Waals surface area contributed by atoms with Gasteiger partial charge in [-0.25, -0.2) is 9.13 Å². The Hall–Kier alpha value is -4.28. The van der Waals surface area contributed by atoms with Gasteiger partial charge in [-0.2, -0.15) is 0 Å². The van der Waals surface area contributed by atoms with Crippen LogP contribution in [0.4, 0.5) is 0 Å². The number of carbonyl (C=O) groups excluding carboxylic acids is 4. The quantitative estimate of drug-likeness (QED) is 0.0169. The normalized spacial score (nSPS) is 14.5. The molecule has 0 radical (unpaired) electrons. The summed E-state index contributed by atoms with van der Waals surface area (Å²) in [5.41, 5.74) is 0. The molecule has 0 aromatic rings. The van der Waals surface area contributed by atoms with Crippen LogP contribution in [0.15, 0.2) is 109 Å². The van der Waals surface area contributed by atoms with E-state index in [0.29, 0.717) is 25.7 Å². The van der Waals surface area contributed by atoms with Crippen molar-refractivity contribution in [1.82, 2.24) is 0 Å². The van der Waals surface area contributed by atoms with Crippen LogP contribution in [0.3, 0.4) is 0 Å². The Balaban J connectivity index is 5.38. The Kier molecular flexibility index (Phi) is 71.8. The van der Waals surface area contributed by atoms with Gasteiger partial charge in [0, 0.05) is 25.7 Å². The summed E-state index contributed by atoms with van der Waals surface area (Å²) in [5, 5.41) is 10.6. The van der Waals surface area contributed by atoms with E-state index in [9.17, 15) is 43.2 Å². The van der Waals surface area contributed by atoms with E-state index in [-0.39, 0.29) is 25.7 Å². The van der Waals surface area contributed by atoms with Crippen LogP contribution in [0.1, 0.15) is 336 Å². The summed E-state index contributed by atoms with van der Waals surface area (Å²) < 4.78 is 68.6. The molecule has 0 aromatic carbocycles. The average molecular weight is 1480 g/mol. The molecule has 0 fully saturated rings. The number of aliphatic hydroxyl groups excluding tert-OH is 1. The molecule has 0 bridgehead atoms. The van der Waals surface area contributed by atoms with Gasteiger partial charge in [-0.1, -0.05) is 291 Å². The van der Waals surface area contributed by atoms with Crippen molar-refractivity contribution in [3.63, 3.8) is 0 Å². The minimum Gasteiger partial charge on any atom is -0.462 e. The van der Waals surface area contributed by atoms with Gasteiger partial charge in [0.05, 0.1) is 26.4 Å². The topological polar surface area (TPSA) is 237 Å². The first-order valence-electron chi connectivity index (χ1n) is 40.1. The van der Waals surface area contributed by atoms with E-state index in [2.05, 4.69) is 137 Å². The summed E-state index contributed by atoms with van der Waals surface area (Å²) in [4.78, 5) is 73.0. The number of phosphoric acid groups is 2. The maximum atomic E-state index is 13.1. The second-order valence-corrected chi connectivity index (χ2v) is 29.5. The van der Waals surface area contributed by atoms with Crippen LogP contribution >= 0.6 is 15.6 Å². The zero-order valence-corrected chi connectivity index (χ0v) is 66.0. The van der Waals surface area contributed by atoms with Crippen LogP contribution in [-0.2, 0) is 65.4 Å². The Bertz CT molecular complexity index is 2360. The molecule has 17 nitrogen and oxygen atoms in total. The molecule has 0 saturated heterocycles. The molecule has 19 heteroatoms. The van der Waals surface area contributed by atoms with Crippen molar-refractivity contribution in [1.29, 1.82) is 0 Å². The molecule has 0 rings (SSSR count). The van der Waals surface area contributed by atoms with Gasteiger partial charge in [-0.05, 0) is 128 Å². The molecule has 0 spiro atoms. The molecule has 5 atom stereocenters. The molecule has 0 aliphatic rings. The summed E-state index contributed by atoms with van der Waals surface area (Å²) >= 11 is 0. The predicted octanol–water partition coefficient (Wildman–Crippen LogP) is 23.3. The number of hydrogen-bond donors (Lipinski definition) is 3. The van der Waals surface area contributed by atoms with Gasteiger partial charge in [0.1, 0.15) is 19.3 Å². The number of ether oxygens (including phenoxy) is 4. The second-order valence-electron chi connectivity index (χ2n) is 26.6. The van der Waals surface area contributed by atoms with E-state index in [0.717, 1.165) is 186 Å². The van der Waals surface area contributed by atoms with E-state index >= 15 is 0 Å². The largest absolute Gasteiger partial charge is 0.472 e. The van der Waals surface area contributed by atoms with Crippen LogP contribution in [-0.4, -0.2) is 96.7 Å². The van der Waals surface area contributed by atoms with Gasteiger partial charge in [0.2, 0.25) is 0 Å². The highest BCUT2D eigenvalue weighted by Gasteiger charge is 2.30. The van der Waals surface area contributed by atoms with E-state index in [4.69, 9.17) is 37.0 Å². The van der Waals surface area contributed by atoms with Gasteiger partial charge in [0.25, 0.3) is 0 Å². The molecular formula is C83H144O17P2. The molecule has 3 N–H and O–H groups in total. The fourth-order valence-electron chi connectivity index (χ4n) is 10.7. The SMILES string of the molecule is CC/C=C\C/C=C\C/C=C\C/C=C\CCCCCCC(=O)OCC(COP(=O)(O)OCC(O)COP(=O)(O)OCC(COC(=O)CCCCCCC/C=C\C/C=C\CCCCC)OC(=O)CCCCCCCCCCCCCCC)OC(=O)CCCCCCCCC/C=C\C/C=C\C/C=C\CC. The number of esters is 4. The zero-order valence-electron chi connectivity index (χ0n) is 64.3. The number of rotatable bonds is 75. The zero-order chi connectivity index (χ0) is 74.6. The Morgan fingerprint density at radius 3 is 0.804 bits per heavy atom. The highest BCUT2D eigenvalue weighted by Crippen LogP contribution is 2.45. The lowest BCUT2D eigenvalue weighted by Gasteiger charge is -2.21. The molecule has 0 aliphatic heterocycles. The van der Waals surface area contributed by atoms with E-state index in [1.165, 1.54) is 70.6 Å². The Morgan fingerprint density at radius 1 is 0.284 bits per heavy atom.